The Hall–Kier alpha value is -4.36. The lowest BCUT2D eigenvalue weighted by Gasteiger charge is -2.20. The molecule has 3 aromatic carbocycles. The molecule has 0 saturated heterocycles. The number of nitro benzene ring substituents is 1. The molecule has 0 aliphatic heterocycles. The molecule has 0 aliphatic carbocycles. The van der Waals surface area contributed by atoms with Crippen LogP contribution in [-0.2, 0) is 16.4 Å². The van der Waals surface area contributed by atoms with Crippen molar-refractivity contribution in [3.05, 3.63) is 104 Å². The smallest absolute Gasteiger partial charge is 0.289 e. The second-order valence-corrected chi connectivity index (χ2v) is 9.08. The molecular formula is C24H21N5O5S. The van der Waals surface area contributed by atoms with E-state index in [0.717, 1.165) is 15.9 Å². The fourth-order valence-electron chi connectivity index (χ4n) is 3.23. The Bertz CT molecular complexity index is 1420. The zero-order valence-electron chi connectivity index (χ0n) is 18.7. The van der Waals surface area contributed by atoms with E-state index >= 15 is 0 Å². The zero-order valence-corrected chi connectivity index (χ0v) is 19.6. The molecule has 0 spiro atoms. The van der Waals surface area contributed by atoms with E-state index < -0.39 is 25.5 Å². The first-order valence-corrected chi connectivity index (χ1v) is 11.8. The van der Waals surface area contributed by atoms with Gasteiger partial charge in [-0.05, 0) is 41.8 Å². The largest absolute Gasteiger partial charge is 0.497 e. The molecule has 0 aliphatic rings. The van der Waals surface area contributed by atoms with Gasteiger partial charge in [0.2, 0.25) is 0 Å². The molecule has 0 amide bonds. The van der Waals surface area contributed by atoms with Crippen LogP contribution in [0.1, 0.15) is 11.1 Å². The molecule has 0 atom stereocenters. The Morgan fingerprint density at radius 3 is 2.46 bits per heavy atom. The molecule has 0 fully saturated rings. The minimum Gasteiger partial charge on any atom is -0.497 e. The van der Waals surface area contributed by atoms with Gasteiger partial charge in [-0.15, -0.1) is 0 Å². The van der Waals surface area contributed by atoms with Crippen molar-refractivity contribution in [2.45, 2.75) is 11.3 Å². The van der Waals surface area contributed by atoms with Crippen LogP contribution in [-0.4, -0.2) is 37.8 Å². The Morgan fingerprint density at radius 2 is 1.77 bits per heavy atom. The maximum atomic E-state index is 13.5. The second kappa shape index (κ2) is 11.7. The highest BCUT2D eigenvalue weighted by atomic mass is 32.2. The number of nitrogens with zero attached hydrogens (tertiary/aromatic N) is 5. The molecule has 0 bridgehead atoms. The highest BCUT2D eigenvalue weighted by Gasteiger charge is 2.30. The molecule has 0 N–H and O–H groups in total. The topological polar surface area (TPSA) is 139 Å². The summed E-state index contributed by atoms with van der Waals surface area (Å²) in [6.45, 7) is -0.192. The van der Waals surface area contributed by atoms with E-state index in [0.29, 0.717) is 23.4 Å². The predicted octanol–water partition coefficient (Wildman–Crippen LogP) is 4.83. The third-order valence-electron chi connectivity index (χ3n) is 5.02. The molecule has 0 unspecified atom stereocenters. The number of hydrogen-bond acceptors (Lipinski definition) is 6. The van der Waals surface area contributed by atoms with Crippen LogP contribution in [0.4, 0.5) is 11.4 Å². The van der Waals surface area contributed by atoms with Gasteiger partial charge in [0.05, 0.1) is 24.3 Å². The van der Waals surface area contributed by atoms with Crippen molar-refractivity contribution in [2.75, 3.05) is 20.2 Å². The summed E-state index contributed by atoms with van der Waals surface area (Å²) in [6, 6.07) is 19.0. The highest BCUT2D eigenvalue weighted by Crippen LogP contribution is 2.26. The molecule has 0 heterocycles. The van der Waals surface area contributed by atoms with Gasteiger partial charge < -0.3 is 4.74 Å². The molecule has 10 nitrogen and oxygen atoms in total. The molecule has 3 aromatic rings. The standard InChI is InChI=1S/C24H21N5O5S/c1-34-21-14-12-19(13-15-21)16-18-28(17-6-8-20-7-2-3-9-22(20)26-27-25)35(32,33)24-11-5-4-10-23(24)29(30)31/h2-5,7,9-15H,16-18H2,1H3. The minimum atomic E-state index is -4.25. The lowest BCUT2D eigenvalue weighted by atomic mass is 10.1. The van der Waals surface area contributed by atoms with E-state index in [1.807, 2.05) is 12.1 Å². The Morgan fingerprint density at radius 1 is 1.09 bits per heavy atom. The van der Waals surface area contributed by atoms with Crippen LogP contribution < -0.4 is 4.74 Å². The van der Waals surface area contributed by atoms with Crippen molar-refractivity contribution in [3.63, 3.8) is 0 Å². The molecule has 0 radical (unpaired) electrons. The molecule has 3 rings (SSSR count). The predicted molar refractivity (Wildman–Crippen MR) is 131 cm³/mol. The van der Waals surface area contributed by atoms with Crippen molar-refractivity contribution in [1.82, 2.24) is 4.31 Å². The van der Waals surface area contributed by atoms with Crippen LogP contribution in [0.15, 0.2) is 82.8 Å². The van der Waals surface area contributed by atoms with E-state index in [9.17, 15) is 18.5 Å². The first-order chi connectivity index (χ1) is 16.9. The first-order valence-electron chi connectivity index (χ1n) is 10.4. The average molecular weight is 492 g/mol. The van der Waals surface area contributed by atoms with Gasteiger partial charge in [-0.25, -0.2) is 8.42 Å². The van der Waals surface area contributed by atoms with E-state index in [2.05, 4.69) is 21.9 Å². The van der Waals surface area contributed by atoms with Gasteiger partial charge in [0.1, 0.15) is 5.75 Å². The van der Waals surface area contributed by atoms with Gasteiger partial charge in [0.25, 0.3) is 15.7 Å². The monoisotopic (exact) mass is 491 g/mol. The first kappa shape index (κ1) is 25.3. The third-order valence-corrected chi connectivity index (χ3v) is 6.92. The number of nitro groups is 1. The molecule has 178 valence electrons. The number of ether oxygens (including phenoxy) is 1. The van der Waals surface area contributed by atoms with Crippen LogP contribution in [0.25, 0.3) is 10.4 Å². The summed E-state index contributed by atoms with van der Waals surface area (Å²) in [4.78, 5) is 13.1. The maximum absolute atomic E-state index is 13.5. The SMILES string of the molecule is COc1ccc(CCN(CC#Cc2ccccc2N=[N+]=[N-])S(=O)(=O)c2ccccc2[N+](=O)[O-])cc1. The molecule has 0 aromatic heterocycles. The van der Waals surface area contributed by atoms with Crippen LogP contribution in [0.3, 0.4) is 0 Å². The number of rotatable bonds is 9. The Kier molecular flexibility index (Phi) is 8.43. The number of methoxy groups -OCH3 is 1. The van der Waals surface area contributed by atoms with Crippen LogP contribution in [0, 0.1) is 22.0 Å². The quantitative estimate of drug-likeness (QED) is 0.105. The Labute approximate surface area is 202 Å². The normalized spacial score (nSPS) is 10.7. The van der Waals surface area contributed by atoms with Crippen molar-refractivity contribution < 1.29 is 18.1 Å². The van der Waals surface area contributed by atoms with Gasteiger partial charge >= 0.3 is 0 Å². The number of azide groups is 1. The lowest BCUT2D eigenvalue weighted by molar-refractivity contribution is -0.387. The second-order valence-electron chi connectivity index (χ2n) is 7.17. The summed E-state index contributed by atoms with van der Waals surface area (Å²) in [7, 11) is -2.70. The van der Waals surface area contributed by atoms with Gasteiger partial charge in [-0.1, -0.05) is 59.4 Å². The Balaban J connectivity index is 1.94. The maximum Gasteiger partial charge on any atom is 0.289 e. The van der Waals surface area contributed by atoms with E-state index in [4.69, 9.17) is 10.3 Å². The van der Waals surface area contributed by atoms with Crippen molar-refractivity contribution in [1.29, 1.82) is 0 Å². The summed E-state index contributed by atoms with van der Waals surface area (Å²) in [5, 5.41) is 15.1. The molecule has 11 heteroatoms. The van der Waals surface area contributed by atoms with Crippen LogP contribution in [0.2, 0.25) is 0 Å². The fraction of sp³-hybridized carbons (Fsp3) is 0.167. The number of benzene rings is 3. The van der Waals surface area contributed by atoms with Gasteiger partial charge in [-0.3, -0.25) is 10.1 Å². The summed E-state index contributed by atoms with van der Waals surface area (Å²) >= 11 is 0. The summed E-state index contributed by atoms with van der Waals surface area (Å²) < 4.78 is 33.2. The van der Waals surface area contributed by atoms with E-state index in [1.165, 1.54) is 18.2 Å². The van der Waals surface area contributed by atoms with E-state index in [-0.39, 0.29) is 13.1 Å². The average Bonchev–Trinajstić information content (AvgIpc) is 2.87. The summed E-state index contributed by atoms with van der Waals surface area (Å²) in [5.74, 6) is 6.30. The van der Waals surface area contributed by atoms with Crippen molar-refractivity contribution in [3.8, 4) is 17.6 Å². The number of para-hydroxylation sites is 1. The molecule has 35 heavy (non-hydrogen) atoms. The van der Waals surface area contributed by atoms with Crippen LogP contribution >= 0.6 is 0 Å². The number of hydrogen-bond donors (Lipinski definition) is 0. The van der Waals surface area contributed by atoms with Crippen molar-refractivity contribution in [2.24, 2.45) is 5.11 Å². The third kappa shape index (κ3) is 6.37. The van der Waals surface area contributed by atoms with Gasteiger partial charge in [0.15, 0.2) is 4.90 Å². The summed E-state index contributed by atoms with van der Waals surface area (Å²) in [6.07, 6.45) is 0.348. The molecular weight excluding hydrogens is 470 g/mol. The minimum absolute atomic E-state index is 0.0351. The molecule has 0 saturated carbocycles. The van der Waals surface area contributed by atoms with Crippen LogP contribution in [0.5, 0.6) is 5.75 Å². The lowest BCUT2D eigenvalue weighted by Crippen LogP contribution is -2.33. The number of sulfonamides is 1. The van der Waals surface area contributed by atoms with E-state index in [1.54, 1.807) is 43.5 Å². The zero-order chi connectivity index (χ0) is 25.3. The van der Waals surface area contributed by atoms with Crippen molar-refractivity contribution >= 4 is 21.4 Å². The van der Waals surface area contributed by atoms with Gasteiger partial charge in [0, 0.05) is 23.1 Å². The van der Waals surface area contributed by atoms with Gasteiger partial charge in [-0.2, -0.15) is 4.31 Å². The fourth-order valence-corrected chi connectivity index (χ4v) is 4.73. The highest BCUT2D eigenvalue weighted by molar-refractivity contribution is 7.89. The summed E-state index contributed by atoms with van der Waals surface area (Å²) in [5.41, 5.74) is 9.83.